The number of benzene rings is 2. The average Bonchev–Trinajstić information content (AvgIpc) is 2.46. The van der Waals surface area contributed by atoms with Gasteiger partial charge in [-0.3, -0.25) is 0 Å². The number of hydrogen-bond acceptors (Lipinski definition) is 2. The second kappa shape index (κ2) is 7.23. The summed E-state index contributed by atoms with van der Waals surface area (Å²) < 4.78 is 19.2. The Morgan fingerprint density at radius 3 is 2.38 bits per heavy atom. The fourth-order valence-electron chi connectivity index (χ4n) is 2.08. The van der Waals surface area contributed by atoms with E-state index in [-0.39, 0.29) is 5.82 Å². The highest BCUT2D eigenvalue weighted by atomic mass is 19.1. The van der Waals surface area contributed by atoms with Gasteiger partial charge in [-0.15, -0.1) is 0 Å². The zero-order chi connectivity index (χ0) is 15.2. The molecule has 0 spiro atoms. The van der Waals surface area contributed by atoms with E-state index in [1.54, 1.807) is 6.07 Å². The molecule has 0 fully saturated rings. The van der Waals surface area contributed by atoms with Crippen molar-refractivity contribution in [2.75, 3.05) is 6.54 Å². The van der Waals surface area contributed by atoms with Crippen molar-refractivity contribution in [2.24, 2.45) is 0 Å². The van der Waals surface area contributed by atoms with Gasteiger partial charge in [0, 0.05) is 12.6 Å². The predicted molar refractivity (Wildman–Crippen MR) is 84.4 cm³/mol. The molecule has 0 saturated carbocycles. The summed E-state index contributed by atoms with van der Waals surface area (Å²) in [5.74, 6) is 1.06. The van der Waals surface area contributed by atoms with Gasteiger partial charge in [0.1, 0.15) is 17.3 Å². The molecule has 0 aliphatic rings. The Morgan fingerprint density at radius 1 is 1.00 bits per heavy atom. The highest BCUT2D eigenvalue weighted by Crippen LogP contribution is 2.29. The van der Waals surface area contributed by atoms with E-state index in [1.807, 2.05) is 26.0 Å². The maximum atomic E-state index is 13.3. The number of hydrogen-bond donors (Lipinski definition) is 1. The van der Waals surface area contributed by atoms with Crippen LogP contribution in [0.3, 0.4) is 0 Å². The van der Waals surface area contributed by atoms with Crippen LogP contribution in [0.15, 0.2) is 36.4 Å². The van der Waals surface area contributed by atoms with E-state index in [0.29, 0.717) is 5.75 Å². The molecular formula is C18H22FNO. The fraction of sp³-hybridized carbons (Fsp3) is 0.333. The smallest absolute Gasteiger partial charge is 0.133 e. The van der Waals surface area contributed by atoms with Gasteiger partial charge < -0.3 is 10.1 Å². The molecule has 0 saturated heterocycles. The van der Waals surface area contributed by atoms with E-state index in [4.69, 9.17) is 4.74 Å². The van der Waals surface area contributed by atoms with Crippen LogP contribution < -0.4 is 10.1 Å². The molecule has 2 nitrogen and oxygen atoms in total. The van der Waals surface area contributed by atoms with Gasteiger partial charge in [0.25, 0.3) is 0 Å². The van der Waals surface area contributed by atoms with Crippen LogP contribution in [-0.4, -0.2) is 6.54 Å². The number of rotatable bonds is 6. The molecule has 2 rings (SSSR count). The lowest BCUT2D eigenvalue weighted by molar-refractivity contribution is 0.468. The summed E-state index contributed by atoms with van der Waals surface area (Å²) in [6.45, 7) is 7.85. The number of ether oxygens (including phenoxy) is 1. The lowest BCUT2D eigenvalue weighted by Crippen LogP contribution is -2.13. The molecule has 0 aliphatic carbocycles. The summed E-state index contributed by atoms with van der Waals surface area (Å²) in [7, 11) is 0. The van der Waals surface area contributed by atoms with Crippen LogP contribution in [0.4, 0.5) is 4.39 Å². The molecule has 2 aromatic carbocycles. The van der Waals surface area contributed by atoms with Gasteiger partial charge in [0.15, 0.2) is 0 Å². The molecule has 1 N–H and O–H groups in total. The minimum absolute atomic E-state index is 0.283. The summed E-state index contributed by atoms with van der Waals surface area (Å²) in [6.07, 6.45) is 1.11. The number of halogens is 1. The fourth-order valence-corrected chi connectivity index (χ4v) is 2.08. The first kappa shape index (κ1) is 15.5. The normalized spacial score (nSPS) is 10.7. The molecule has 0 aromatic heterocycles. The summed E-state index contributed by atoms with van der Waals surface area (Å²) in [6, 6.07) is 10.7. The average molecular weight is 287 g/mol. The third kappa shape index (κ3) is 4.30. The molecule has 0 heterocycles. The summed E-state index contributed by atoms with van der Waals surface area (Å²) >= 11 is 0. The second-order valence-electron chi connectivity index (χ2n) is 5.29. The third-order valence-corrected chi connectivity index (χ3v) is 3.38. The van der Waals surface area contributed by atoms with Crippen molar-refractivity contribution in [3.05, 3.63) is 58.9 Å². The highest BCUT2D eigenvalue weighted by Gasteiger charge is 2.07. The molecule has 0 unspecified atom stereocenters. The van der Waals surface area contributed by atoms with Crippen molar-refractivity contribution in [3.63, 3.8) is 0 Å². The minimum atomic E-state index is -0.283. The Bertz CT molecular complexity index is 610. The number of nitrogens with one attached hydrogen (secondary N) is 1. The quantitative estimate of drug-likeness (QED) is 0.775. The van der Waals surface area contributed by atoms with Crippen molar-refractivity contribution in [2.45, 2.75) is 33.7 Å². The van der Waals surface area contributed by atoms with Crippen LogP contribution in [0.25, 0.3) is 0 Å². The van der Waals surface area contributed by atoms with Crippen molar-refractivity contribution < 1.29 is 9.13 Å². The van der Waals surface area contributed by atoms with Crippen molar-refractivity contribution >= 4 is 0 Å². The van der Waals surface area contributed by atoms with E-state index >= 15 is 0 Å². The van der Waals surface area contributed by atoms with E-state index < -0.39 is 0 Å². The SMILES string of the molecule is CCCNCc1ccc(C)c(Oc2cc(F)ccc2C)c1. The molecule has 0 aliphatic heterocycles. The molecule has 3 heteroatoms. The minimum Gasteiger partial charge on any atom is -0.457 e. The highest BCUT2D eigenvalue weighted by molar-refractivity contribution is 5.42. The zero-order valence-corrected chi connectivity index (χ0v) is 12.9. The van der Waals surface area contributed by atoms with Crippen LogP contribution in [0, 0.1) is 19.7 Å². The van der Waals surface area contributed by atoms with Crippen molar-refractivity contribution in [3.8, 4) is 11.5 Å². The lowest BCUT2D eigenvalue weighted by Gasteiger charge is -2.13. The van der Waals surface area contributed by atoms with Crippen molar-refractivity contribution in [1.82, 2.24) is 5.32 Å². The summed E-state index contributed by atoms with van der Waals surface area (Å²) in [5.41, 5.74) is 3.13. The van der Waals surface area contributed by atoms with E-state index in [1.165, 1.54) is 12.1 Å². The summed E-state index contributed by atoms with van der Waals surface area (Å²) in [5, 5.41) is 3.37. The van der Waals surface area contributed by atoms with Crippen LogP contribution in [0.1, 0.15) is 30.0 Å². The van der Waals surface area contributed by atoms with Gasteiger partial charge >= 0.3 is 0 Å². The van der Waals surface area contributed by atoms with E-state index in [0.717, 1.165) is 42.0 Å². The Kier molecular flexibility index (Phi) is 5.34. The topological polar surface area (TPSA) is 21.3 Å². The largest absolute Gasteiger partial charge is 0.457 e. The maximum absolute atomic E-state index is 13.3. The maximum Gasteiger partial charge on any atom is 0.133 e. The van der Waals surface area contributed by atoms with E-state index in [9.17, 15) is 4.39 Å². The van der Waals surface area contributed by atoms with Crippen molar-refractivity contribution in [1.29, 1.82) is 0 Å². The number of aryl methyl sites for hydroxylation is 2. The molecule has 0 bridgehead atoms. The Hall–Kier alpha value is -1.87. The molecule has 0 amide bonds. The van der Waals surface area contributed by atoms with Gasteiger partial charge in [0.2, 0.25) is 0 Å². The van der Waals surface area contributed by atoms with Gasteiger partial charge in [0.05, 0.1) is 0 Å². The standard InChI is InChI=1S/C18H22FNO/c1-4-9-20-12-15-7-5-13(2)17(10-15)21-18-11-16(19)8-6-14(18)3/h5-8,10-11,20H,4,9,12H2,1-3H3. The predicted octanol–water partition coefficient (Wildman–Crippen LogP) is 4.73. The molecular weight excluding hydrogens is 265 g/mol. The molecule has 0 radical (unpaired) electrons. The first-order valence-electron chi connectivity index (χ1n) is 7.34. The molecule has 21 heavy (non-hydrogen) atoms. The first-order chi connectivity index (χ1) is 10.1. The Morgan fingerprint density at radius 2 is 1.67 bits per heavy atom. The summed E-state index contributed by atoms with van der Waals surface area (Å²) in [4.78, 5) is 0. The van der Waals surface area contributed by atoms with E-state index in [2.05, 4.69) is 18.3 Å². The van der Waals surface area contributed by atoms with Gasteiger partial charge in [-0.25, -0.2) is 4.39 Å². The van der Waals surface area contributed by atoms with Crippen LogP contribution in [-0.2, 0) is 6.54 Å². The van der Waals surface area contributed by atoms with Crippen LogP contribution in [0.5, 0.6) is 11.5 Å². The van der Waals surface area contributed by atoms with Crippen LogP contribution in [0.2, 0.25) is 0 Å². The Balaban J connectivity index is 2.18. The van der Waals surface area contributed by atoms with Crippen LogP contribution >= 0.6 is 0 Å². The van der Waals surface area contributed by atoms with Gasteiger partial charge in [-0.1, -0.05) is 25.1 Å². The molecule has 2 aromatic rings. The Labute approximate surface area is 126 Å². The monoisotopic (exact) mass is 287 g/mol. The molecule has 0 atom stereocenters. The zero-order valence-electron chi connectivity index (χ0n) is 12.9. The first-order valence-corrected chi connectivity index (χ1v) is 7.34. The third-order valence-electron chi connectivity index (χ3n) is 3.38. The van der Waals surface area contributed by atoms with Gasteiger partial charge in [-0.05, 0) is 55.6 Å². The second-order valence-corrected chi connectivity index (χ2v) is 5.29. The lowest BCUT2D eigenvalue weighted by atomic mass is 10.1. The molecule has 112 valence electrons. The van der Waals surface area contributed by atoms with Gasteiger partial charge in [-0.2, -0.15) is 0 Å².